The van der Waals surface area contributed by atoms with E-state index in [1.54, 1.807) is 11.0 Å². The third-order valence-corrected chi connectivity index (χ3v) is 4.32. The lowest BCUT2D eigenvalue weighted by molar-refractivity contribution is 0.0730. The molecule has 1 aliphatic rings. The second-order valence-corrected chi connectivity index (χ2v) is 5.88. The predicted molar refractivity (Wildman–Crippen MR) is 86.1 cm³/mol. The Hall–Kier alpha value is -2.96. The summed E-state index contributed by atoms with van der Waals surface area (Å²) < 4.78 is 13.3. The number of nitrogens with zero attached hydrogens (tertiary/aromatic N) is 2. The molecule has 24 heavy (non-hydrogen) atoms. The smallest absolute Gasteiger partial charge is 0.255 e. The molecular formula is C17H15FN4O2. The van der Waals surface area contributed by atoms with E-state index in [4.69, 9.17) is 0 Å². The van der Waals surface area contributed by atoms with E-state index in [2.05, 4.69) is 15.0 Å². The predicted octanol–water partition coefficient (Wildman–Crippen LogP) is 2.37. The lowest BCUT2D eigenvalue weighted by atomic mass is 10.2. The molecule has 2 N–H and O–H groups in total. The molecule has 4 rings (SSSR count). The molecule has 1 amide bonds. The van der Waals surface area contributed by atoms with Crippen LogP contribution in [0, 0.1) is 5.82 Å². The zero-order chi connectivity index (χ0) is 16.7. The number of carbonyl (C=O) groups is 1. The molecule has 7 heteroatoms. The molecule has 1 fully saturated rings. The van der Waals surface area contributed by atoms with Gasteiger partial charge in [0.15, 0.2) is 0 Å². The topological polar surface area (TPSA) is 81.8 Å². The second-order valence-electron chi connectivity index (χ2n) is 5.88. The van der Waals surface area contributed by atoms with Gasteiger partial charge in [-0.25, -0.2) is 9.37 Å². The van der Waals surface area contributed by atoms with Crippen LogP contribution >= 0.6 is 0 Å². The van der Waals surface area contributed by atoms with Gasteiger partial charge in [0.2, 0.25) is 5.56 Å². The Balaban J connectivity index is 1.67. The van der Waals surface area contributed by atoms with Crippen molar-refractivity contribution in [2.45, 2.75) is 18.9 Å². The average Bonchev–Trinajstić information content (AvgIpc) is 3.20. The van der Waals surface area contributed by atoms with Crippen molar-refractivity contribution in [1.29, 1.82) is 0 Å². The number of fused-ring (bicyclic) bond motifs is 1. The fourth-order valence-corrected chi connectivity index (χ4v) is 3.16. The van der Waals surface area contributed by atoms with Gasteiger partial charge < -0.3 is 14.9 Å². The number of carbonyl (C=O) groups excluding carboxylic acids is 1. The van der Waals surface area contributed by atoms with Crippen LogP contribution in [-0.2, 0) is 0 Å². The molecule has 1 atom stereocenters. The number of halogens is 1. The first kappa shape index (κ1) is 14.6. The maximum absolute atomic E-state index is 13.3. The number of benzene rings is 1. The molecule has 6 nitrogen and oxygen atoms in total. The van der Waals surface area contributed by atoms with Crippen LogP contribution in [0.4, 0.5) is 4.39 Å². The number of amides is 1. The Morgan fingerprint density at radius 3 is 2.96 bits per heavy atom. The van der Waals surface area contributed by atoms with Crippen molar-refractivity contribution in [2.75, 3.05) is 6.54 Å². The number of rotatable bonds is 2. The van der Waals surface area contributed by atoms with Gasteiger partial charge in [-0.15, -0.1) is 0 Å². The molecule has 1 aliphatic heterocycles. The number of nitrogens with one attached hydrogen (secondary N) is 2. The van der Waals surface area contributed by atoms with Gasteiger partial charge in [-0.1, -0.05) is 0 Å². The van der Waals surface area contributed by atoms with E-state index >= 15 is 0 Å². The van der Waals surface area contributed by atoms with Crippen LogP contribution in [-0.4, -0.2) is 32.3 Å². The lowest BCUT2D eigenvalue weighted by Gasteiger charge is -2.23. The van der Waals surface area contributed by atoms with Crippen molar-refractivity contribution >= 4 is 16.9 Å². The lowest BCUT2D eigenvalue weighted by Crippen LogP contribution is -2.31. The number of likely N-dealkylation sites (tertiary alicyclic amines) is 1. The van der Waals surface area contributed by atoms with Crippen LogP contribution in [0.5, 0.6) is 0 Å². The maximum atomic E-state index is 13.3. The van der Waals surface area contributed by atoms with E-state index in [0.29, 0.717) is 29.0 Å². The molecule has 0 aliphatic carbocycles. The highest BCUT2D eigenvalue weighted by atomic mass is 19.1. The average molecular weight is 326 g/mol. The summed E-state index contributed by atoms with van der Waals surface area (Å²) in [6, 6.07) is 7.06. The molecule has 3 aromatic rings. The molecule has 3 heterocycles. The normalized spacial score (nSPS) is 17.5. The van der Waals surface area contributed by atoms with Gasteiger partial charge in [0.05, 0.1) is 22.6 Å². The van der Waals surface area contributed by atoms with Crippen molar-refractivity contribution in [1.82, 2.24) is 19.9 Å². The number of H-pyrrole nitrogens is 2. The summed E-state index contributed by atoms with van der Waals surface area (Å²) in [4.78, 5) is 35.7. The molecule has 1 saturated heterocycles. The van der Waals surface area contributed by atoms with E-state index in [1.165, 1.54) is 30.5 Å². The third kappa shape index (κ3) is 2.47. The highest BCUT2D eigenvalue weighted by Crippen LogP contribution is 2.32. The number of aromatic nitrogens is 3. The van der Waals surface area contributed by atoms with Gasteiger partial charge in [-0.05, 0) is 37.1 Å². The Morgan fingerprint density at radius 1 is 1.29 bits per heavy atom. The molecule has 0 bridgehead atoms. The Kier molecular flexibility index (Phi) is 3.41. The van der Waals surface area contributed by atoms with Crippen molar-refractivity contribution in [3.63, 3.8) is 0 Å². The van der Waals surface area contributed by atoms with E-state index < -0.39 is 0 Å². The van der Waals surface area contributed by atoms with Crippen LogP contribution in [0.25, 0.3) is 11.0 Å². The Bertz CT molecular complexity index is 958. The van der Waals surface area contributed by atoms with Crippen LogP contribution in [0.15, 0.2) is 41.3 Å². The molecule has 1 aromatic carbocycles. The van der Waals surface area contributed by atoms with Crippen LogP contribution in [0.3, 0.4) is 0 Å². The summed E-state index contributed by atoms with van der Waals surface area (Å²) in [5, 5.41) is 0. The minimum Gasteiger partial charge on any atom is -0.340 e. The summed E-state index contributed by atoms with van der Waals surface area (Å²) in [5.74, 6) is 0.177. The third-order valence-electron chi connectivity index (χ3n) is 4.32. The number of hydrogen-bond acceptors (Lipinski definition) is 3. The fraction of sp³-hybridized carbons (Fsp3) is 0.235. The monoisotopic (exact) mass is 326 g/mol. The van der Waals surface area contributed by atoms with E-state index in [1.807, 2.05) is 0 Å². The first-order chi connectivity index (χ1) is 11.6. The van der Waals surface area contributed by atoms with E-state index in [0.717, 1.165) is 12.8 Å². The number of pyridine rings is 1. The zero-order valence-corrected chi connectivity index (χ0v) is 12.8. The molecule has 0 saturated carbocycles. The largest absolute Gasteiger partial charge is 0.340 e. The van der Waals surface area contributed by atoms with E-state index in [9.17, 15) is 14.0 Å². The fourth-order valence-electron chi connectivity index (χ4n) is 3.16. The summed E-state index contributed by atoms with van der Waals surface area (Å²) in [6.07, 6.45) is 3.08. The maximum Gasteiger partial charge on any atom is 0.255 e. The van der Waals surface area contributed by atoms with Crippen molar-refractivity contribution < 1.29 is 9.18 Å². The molecule has 0 radical (unpaired) electrons. The van der Waals surface area contributed by atoms with Crippen molar-refractivity contribution in [3.8, 4) is 0 Å². The minimum absolute atomic E-state index is 0.152. The molecule has 122 valence electrons. The molecule has 0 spiro atoms. The van der Waals surface area contributed by atoms with E-state index in [-0.39, 0.29) is 23.3 Å². The number of aromatic amines is 2. The minimum atomic E-state index is -0.328. The van der Waals surface area contributed by atoms with Gasteiger partial charge in [-0.3, -0.25) is 9.59 Å². The Morgan fingerprint density at radius 2 is 2.17 bits per heavy atom. The van der Waals surface area contributed by atoms with Gasteiger partial charge in [0.1, 0.15) is 11.6 Å². The molecule has 1 unspecified atom stereocenters. The highest BCUT2D eigenvalue weighted by Gasteiger charge is 2.32. The summed E-state index contributed by atoms with van der Waals surface area (Å²) in [7, 11) is 0. The van der Waals surface area contributed by atoms with Crippen LogP contribution in [0.2, 0.25) is 0 Å². The van der Waals surface area contributed by atoms with Gasteiger partial charge in [-0.2, -0.15) is 0 Å². The first-order valence-electron chi connectivity index (χ1n) is 7.77. The van der Waals surface area contributed by atoms with Gasteiger partial charge in [0, 0.05) is 18.8 Å². The number of hydrogen-bond donors (Lipinski definition) is 2. The van der Waals surface area contributed by atoms with Crippen molar-refractivity contribution in [2.24, 2.45) is 0 Å². The molecule has 2 aromatic heterocycles. The van der Waals surface area contributed by atoms with Crippen molar-refractivity contribution in [3.05, 3.63) is 64.1 Å². The second kappa shape index (κ2) is 5.59. The van der Waals surface area contributed by atoms with Gasteiger partial charge >= 0.3 is 0 Å². The van der Waals surface area contributed by atoms with Gasteiger partial charge in [0.25, 0.3) is 5.91 Å². The summed E-state index contributed by atoms with van der Waals surface area (Å²) in [5.41, 5.74) is 1.48. The summed E-state index contributed by atoms with van der Waals surface area (Å²) >= 11 is 0. The SMILES string of the molecule is O=C(c1ccc(=O)[nH]c1)N1CCCC1c1nc2ccc(F)cc2[nH]1. The standard InChI is InChI=1S/C17H15FN4O2/c18-11-4-5-12-13(8-11)21-16(20-12)14-2-1-7-22(14)17(24)10-3-6-15(23)19-9-10/h3-6,8-9,14H,1-2,7H2,(H,19,23)(H,20,21). The van der Waals surface area contributed by atoms with Crippen LogP contribution in [0.1, 0.15) is 35.1 Å². The first-order valence-corrected chi connectivity index (χ1v) is 7.77. The zero-order valence-electron chi connectivity index (χ0n) is 12.8. The quantitative estimate of drug-likeness (QED) is 0.758. The summed E-state index contributed by atoms with van der Waals surface area (Å²) in [6.45, 7) is 0.619. The Labute approximate surface area is 136 Å². The highest BCUT2D eigenvalue weighted by molar-refractivity contribution is 5.94. The molecular weight excluding hydrogens is 311 g/mol. The van der Waals surface area contributed by atoms with Crippen LogP contribution < -0.4 is 5.56 Å². The number of imidazole rings is 1.